The Morgan fingerprint density at radius 3 is 2.47 bits per heavy atom. The molecule has 0 aliphatic heterocycles. The Kier molecular flexibility index (Phi) is 2.19. The molecular formula is C11H14N4. The van der Waals surface area contributed by atoms with Gasteiger partial charge in [0.05, 0.1) is 0 Å². The van der Waals surface area contributed by atoms with Crippen molar-refractivity contribution in [3.63, 3.8) is 0 Å². The largest absolute Gasteiger partial charge is 0.368 e. The average molecular weight is 202 g/mol. The summed E-state index contributed by atoms with van der Waals surface area (Å²) in [6.07, 6.45) is 0. The molecule has 0 fully saturated rings. The van der Waals surface area contributed by atoms with Crippen LogP contribution in [0.2, 0.25) is 0 Å². The minimum absolute atomic E-state index is 0.434. The van der Waals surface area contributed by atoms with Gasteiger partial charge < -0.3 is 5.73 Å². The second-order valence-corrected chi connectivity index (χ2v) is 3.72. The molecule has 4 nitrogen and oxygen atoms in total. The van der Waals surface area contributed by atoms with Crippen LogP contribution >= 0.6 is 0 Å². The van der Waals surface area contributed by atoms with E-state index in [-0.39, 0.29) is 0 Å². The zero-order chi connectivity index (χ0) is 11.0. The lowest BCUT2D eigenvalue weighted by Gasteiger charge is -2.01. The second kappa shape index (κ2) is 3.38. The van der Waals surface area contributed by atoms with Crippen molar-refractivity contribution in [1.29, 1.82) is 0 Å². The molecule has 2 aromatic rings. The van der Waals surface area contributed by atoms with Gasteiger partial charge in [0.2, 0.25) is 5.95 Å². The van der Waals surface area contributed by atoms with E-state index < -0.39 is 0 Å². The van der Waals surface area contributed by atoms with E-state index in [2.05, 4.69) is 36.1 Å². The zero-order valence-corrected chi connectivity index (χ0v) is 9.15. The molecule has 2 rings (SSSR count). The summed E-state index contributed by atoms with van der Waals surface area (Å²) in [7, 11) is 1.78. The van der Waals surface area contributed by atoms with Crippen molar-refractivity contribution < 1.29 is 0 Å². The Hall–Kier alpha value is -1.84. The minimum atomic E-state index is 0.434. The Morgan fingerprint density at radius 2 is 1.93 bits per heavy atom. The Morgan fingerprint density at radius 1 is 1.20 bits per heavy atom. The molecule has 1 heterocycles. The number of rotatable bonds is 1. The molecule has 2 N–H and O–H groups in total. The van der Waals surface area contributed by atoms with E-state index in [1.807, 2.05) is 6.07 Å². The van der Waals surface area contributed by atoms with Crippen LogP contribution in [-0.2, 0) is 7.05 Å². The van der Waals surface area contributed by atoms with E-state index >= 15 is 0 Å². The Labute approximate surface area is 88.8 Å². The highest BCUT2D eigenvalue weighted by molar-refractivity contribution is 5.58. The quantitative estimate of drug-likeness (QED) is 0.765. The second-order valence-electron chi connectivity index (χ2n) is 3.72. The maximum atomic E-state index is 5.64. The zero-order valence-electron chi connectivity index (χ0n) is 9.15. The summed E-state index contributed by atoms with van der Waals surface area (Å²) in [4.78, 5) is 4.18. The van der Waals surface area contributed by atoms with Crippen molar-refractivity contribution in [2.45, 2.75) is 13.8 Å². The highest BCUT2D eigenvalue weighted by Gasteiger charge is 2.06. The molecule has 0 unspecified atom stereocenters. The Balaban J connectivity index is 2.49. The first-order valence-corrected chi connectivity index (χ1v) is 4.82. The monoisotopic (exact) mass is 202 g/mol. The number of nitrogens with zero attached hydrogens (tertiary/aromatic N) is 3. The van der Waals surface area contributed by atoms with Gasteiger partial charge in [-0.2, -0.15) is 4.98 Å². The third-order valence-electron chi connectivity index (χ3n) is 2.56. The van der Waals surface area contributed by atoms with Crippen molar-refractivity contribution in [3.8, 4) is 11.4 Å². The predicted molar refractivity (Wildman–Crippen MR) is 60.3 cm³/mol. The maximum absolute atomic E-state index is 5.64. The molecule has 1 aromatic heterocycles. The highest BCUT2D eigenvalue weighted by atomic mass is 15.4. The average Bonchev–Trinajstić information content (AvgIpc) is 2.52. The third-order valence-corrected chi connectivity index (χ3v) is 2.56. The van der Waals surface area contributed by atoms with Gasteiger partial charge in [-0.15, -0.1) is 5.10 Å². The third kappa shape index (κ3) is 1.70. The summed E-state index contributed by atoms with van der Waals surface area (Å²) >= 11 is 0. The van der Waals surface area contributed by atoms with E-state index in [0.29, 0.717) is 11.8 Å². The van der Waals surface area contributed by atoms with Crippen LogP contribution in [-0.4, -0.2) is 14.8 Å². The normalized spacial score (nSPS) is 10.6. The fourth-order valence-electron chi connectivity index (χ4n) is 1.40. The molecule has 0 aliphatic carbocycles. The number of nitrogens with two attached hydrogens (primary N) is 1. The molecule has 0 aliphatic rings. The number of aromatic nitrogens is 3. The van der Waals surface area contributed by atoms with Crippen LogP contribution in [0.4, 0.5) is 5.95 Å². The molecule has 0 saturated heterocycles. The van der Waals surface area contributed by atoms with Gasteiger partial charge in [-0.3, -0.25) is 0 Å². The van der Waals surface area contributed by atoms with Crippen LogP contribution < -0.4 is 5.73 Å². The van der Waals surface area contributed by atoms with Crippen molar-refractivity contribution in [1.82, 2.24) is 14.8 Å². The van der Waals surface area contributed by atoms with E-state index in [0.717, 1.165) is 5.56 Å². The first-order valence-electron chi connectivity index (χ1n) is 4.82. The lowest BCUT2D eigenvalue weighted by atomic mass is 10.1. The fraction of sp³-hybridized carbons (Fsp3) is 0.273. The molecule has 0 saturated carbocycles. The number of hydrogen-bond donors (Lipinski definition) is 1. The van der Waals surface area contributed by atoms with Gasteiger partial charge in [-0.05, 0) is 31.0 Å². The number of benzene rings is 1. The summed E-state index contributed by atoms with van der Waals surface area (Å²) < 4.78 is 1.57. The minimum Gasteiger partial charge on any atom is -0.368 e. The maximum Gasteiger partial charge on any atom is 0.218 e. The summed E-state index contributed by atoms with van der Waals surface area (Å²) in [5.41, 5.74) is 9.14. The standard InChI is InChI=1S/C11H14N4/c1-7-4-5-9(6-8(7)2)10-13-11(12)15(3)14-10/h4-6H,1-3H3,(H2,12,13,14). The van der Waals surface area contributed by atoms with Crippen LogP contribution in [0.3, 0.4) is 0 Å². The SMILES string of the molecule is Cc1ccc(-c2nc(N)n(C)n2)cc1C. The molecule has 78 valence electrons. The van der Waals surface area contributed by atoms with Crippen LogP contribution in [0, 0.1) is 13.8 Å². The molecule has 0 radical (unpaired) electrons. The summed E-state index contributed by atoms with van der Waals surface area (Å²) in [6, 6.07) is 6.15. The van der Waals surface area contributed by atoms with Crippen molar-refractivity contribution in [2.24, 2.45) is 7.05 Å². The van der Waals surface area contributed by atoms with Crippen LogP contribution in [0.5, 0.6) is 0 Å². The lowest BCUT2D eigenvalue weighted by molar-refractivity contribution is 0.781. The molecule has 0 spiro atoms. The molecule has 4 heteroatoms. The molecule has 0 bridgehead atoms. The van der Waals surface area contributed by atoms with Gasteiger partial charge >= 0.3 is 0 Å². The number of hydrogen-bond acceptors (Lipinski definition) is 3. The van der Waals surface area contributed by atoms with E-state index in [1.54, 1.807) is 11.7 Å². The molecule has 15 heavy (non-hydrogen) atoms. The Bertz CT molecular complexity index is 480. The molecule has 0 amide bonds. The summed E-state index contributed by atoms with van der Waals surface area (Å²) in [6.45, 7) is 4.16. The number of anilines is 1. The molecule has 0 atom stereocenters. The van der Waals surface area contributed by atoms with Gasteiger partial charge in [-0.1, -0.05) is 12.1 Å². The van der Waals surface area contributed by atoms with Gasteiger partial charge in [0.15, 0.2) is 5.82 Å². The van der Waals surface area contributed by atoms with Crippen LogP contribution in [0.1, 0.15) is 11.1 Å². The van der Waals surface area contributed by atoms with Crippen molar-refractivity contribution in [2.75, 3.05) is 5.73 Å². The smallest absolute Gasteiger partial charge is 0.218 e. The van der Waals surface area contributed by atoms with Crippen LogP contribution in [0.15, 0.2) is 18.2 Å². The highest BCUT2D eigenvalue weighted by Crippen LogP contribution is 2.19. The van der Waals surface area contributed by atoms with Gasteiger partial charge in [-0.25, -0.2) is 4.68 Å². The van der Waals surface area contributed by atoms with Crippen LogP contribution in [0.25, 0.3) is 11.4 Å². The molecule has 1 aromatic carbocycles. The van der Waals surface area contributed by atoms with Crippen molar-refractivity contribution in [3.05, 3.63) is 29.3 Å². The number of aryl methyl sites for hydroxylation is 3. The van der Waals surface area contributed by atoms with E-state index in [4.69, 9.17) is 5.73 Å². The fourth-order valence-corrected chi connectivity index (χ4v) is 1.40. The van der Waals surface area contributed by atoms with E-state index in [1.165, 1.54) is 11.1 Å². The van der Waals surface area contributed by atoms with Gasteiger partial charge in [0.25, 0.3) is 0 Å². The summed E-state index contributed by atoms with van der Waals surface area (Å²) in [5, 5.41) is 4.23. The number of nitrogen functional groups attached to an aromatic ring is 1. The predicted octanol–water partition coefficient (Wildman–Crippen LogP) is 1.68. The topological polar surface area (TPSA) is 56.7 Å². The lowest BCUT2D eigenvalue weighted by Crippen LogP contribution is -1.97. The van der Waals surface area contributed by atoms with E-state index in [9.17, 15) is 0 Å². The van der Waals surface area contributed by atoms with Gasteiger partial charge in [0, 0.05) is 12.6 Å². The first kappa shape index (κ1) is 9.71. The molecular weight excluding hydrogens is 188 g/mol. The van der Waals surface area contributed by atoms with Crippen molar-refractivity contribution >= 4 is 5.95 Å². The van der Waals surface area contributed by atoms with Gasteiger partial charge in [0.1, 0.15) is 0 Å². The summed E-state index contributed by atoms with van der Waals surface area (Å²) in [5.74, 6) is 1.11. The first-order chi connectivity index (χ1) is 7.08.